The summed E-state index contributed by atoms with van der Waals surface area (Å²) in [5.74, 6) is -1.82. The van der Waals surface area contributed by atoms with E-state index in [9.17, 15) is 9.59 Å². The highest BCUT2D eigenvalue weighted by Crippen LogP contribution is 2.30. The van der Waals surface area contributed by atoms with Crippen LogP contribution in [0.2, 0.25) is 0 Å². The minimum absolute atomic E-state index is 0.0125. The van der Waals surface area contributed by atoms with Crippen molar-refractivity contribution in [3.05, 3.63) is 0 Å². The monoisotopic (exact) mass is 206 g/mol. The summed E-state index contributed by atoms with van der Waals surface area (Å²) in [4.78, 5) is 21.0. The minimum atomic E-state index is -0.922. The predicted molar refractivity (Wildman–Crippen MR) is 51.0 cm³/mol. The zero-order chi connectivity index (χ0) is 10.6. The number of carboxylic acids is 2. The molecule has 5 heteroatoms. The Morgan fingerprint density at radius 2 is 1.85 bits per heavy atom. The van der Waals surface area contributed by atoms with Gasteiger partial charge in [-0.25, -0.2) is 0 Å². The maximum Gasteiger partial charge on any atom is 0.319 e. The Morgan fingerprint density at radius 3 is 2.15 bits per heavy atom. The first-order valence-corrected chi connectivity index (χ1v) is 4.76. The van der Waals surface area contributed by atoms with E-state index in [1.54, 1.807) is 20.8 Å². The fourth-order valence-corrected chi connectivity index (χ4v) is 2.17. The molecule has 4 nitrogen and oxygen atoms in total. The van der Waals surface area contributed by atoms with Crippen molar-refractivity contribution in [2.75, 3.05) is 0 Å². The molecule has 0 rings (SSSR count). The van der Waals surface area contributed by atoms with Crippen LogP contribution in [0.5, 0.6) is 0 Å². The minimum Gasteiger partial charge on any atom is -0.481 e. The number of rotatable bonds is 5. The lowest BCUT2D eigenvalue weighted by molar-refractivity contribution is -0.139. The highest BCUT2D eigenvalue weighted by Gasteiger charge is 2.30. The van der Waals surface area contributed by atoms with Gasteiger partial charge in [-0.2, -0.15) is 0 Å². The number of carbonyl (C=O) groups is 2. The zero-order valence-corrected chi connectivity index (χ0v) is 8.72. The van der Waals surface area contributed by atoms with Crippen molar-refractivity contribution >= 4 is 23.7 Å². The second-order valence-electron chi connectivity index (χ2n) is 3.34. The Bertz CT molecular complexity index is 212. The third kappa shape index (κ3) is 4.77. The van der Waals surface area contributed by atoms with Crippen molar-refractivity contribution in [1.29, 1.82) is 0 Å². The number of hydrogen-bond acceptors (Lipinski definition) is 3. The molecule has 0 saturated carbocycles. The van der Waals surface area contributed by atoms with Crippen molar-refractivity contribution in [3.63, 3.8) is 0 Å². The number of carboxylic acid groups (broad SMARTS) is 2. The van der Waals surface area contributed by atoms with E-state index >= 15 is 0 Å². The van der Waals surface area contributed by atoms with Crippen LogP contribution in [0, 0.1) is 0 Å². The van der Waals surface area contributed by atoms with Crippen molar-refractivity contribution < 1.29 is 19.8 Å². The summed E-state index contributed by atoms with van der Waals surface area (Å²) in [6.07, 6.45) is -0.0125. The van der Waals surface area contributed by atoms with Crippen molar-refractivity contribution in [1.82, 2.24) is 0 Å². The number of thioether (sulfide) groups is 1. The van der Waals surface area contributed by atoms with Crippen LogP contribution in [-0.2, 0) is 9.59 Å². The van der Waals surface area contributed by atoms with Gasteiger partial charge < -0.3 is 10.2 Å². The summed E-state index contributed by atoms with van der Waals surface area (Å²) in [7, 11) is 0. The molecule has 0 aliphatic carbocycles. The van der Waals surface area contributed by atoms with Crippen molar-refractivity contribution in [2.24, 2.45) is 0 Å². The SMILES string of the molecule is CC(CC(=O)O)SC(C)(C)C(=O)O. The molecule has 0 saturated heterocycles. The molecule has 0 aromatic carbocycles. The smallest absolute Gasteiger partial charge is 0.319 e. The fourth-order valence-electron chi connectivity index (χ4n) is 0.841. The van der Waals surface area contributed by atoms with Gasteiger partial charge in [-0.05, 0) is 13.8 Å². The van der Waals surface area contributed by atoms with Crippen molar-refractivity contribution in [3.8, 4) is 0 Å². The number of aliphatic carboxylic acids is 2. The molecule has 0 aromatic rings. The average Bonchev–Trinajstić information content (AvgIpc) is 1.82. The van der Waals surface area contributed by atoms with E-state index in [1.165, 1.54) is 0 Å². The molecule has 2 N–H and O–H groups in total. The molecule has 0 aliphatic rings. The lowest BCUT2D eigenvalue weighted by Crippen LogP contribution is -2.30. The fraction of sp³-hybridized carbons (Fsp3) is 0.750. The molecule has 0 radical (unpaired) electrons. The second-order valence-corrected chi connectivity index (χ2v) is 5.40. The highest BCUT2D eigenvalue weighted by molar-refractivity contribution is 8.01. The van der Waals surface area contributed by atoms with E-state index in [0.717, 1.165) is 11.8 Å². The van der Waals surface area contributed by atoms with Gasteiger partial charge >= 0.3 is 11.9 Å². The largest absolute Gasteiger partial charge is 0.481 e. The van der Waals surface area contributed by atoms with Gasteiger partial charge in [0.15, 0.2) is 0 Å². The summed E-state index contributed by atoms with van der Waals surface area (Å²) in [5, 5.41) is 17.0. The molecule has 1 atom stereocenters. The van der Waals surface area contributed by atoms with Crippen LogP contribution in [-0.4, -0.2) is 32.1 Å². The maximum atomic E-state index is 10.7. The summed E-state index contributed by atoms with van der Waals surface area (Å²) in [6.45, 7) is 4.85. The Morgan fingerprint density at radius 1 is 1.38 bits per heavy atom. The highest BCUT2D eigenvalue weighted by atomic mass is 32.2. The normalized spacial score (nSPS) is 13.8. The van der Waals surface area contributed by atoms with Crippen LogP contribution in [0.3, 0.4) is 0 Å². The second kappa shape index (κ2) is 4.50. The molecule has 13 heavy (non-hydrogen) atoms. The molecule has 0 amide bonds. The number of hydrogen-bond donors (Lipinski definition) is 2. The van der Waals surface area contributed by atoms with Gasteiger partial charge in [-0.15, -0.1) is 11.8 Å². The van der Waals surface area contributed by atoms with Gasteiger partial charge in [0.1, 0.15) is 4.75 Å². The first-order valence-electron chi connectivity index (χ1n) is 3.88. The summed E-state index contributed by atoms with van der Waals surface area (Å²) in [6, 6.07) is 0. The lowest BCUT2D eigenvalue weighted by Gasteiger charge is -2.21. The Balaban J connectivity index is 4.11. The van der Waals surface area contributed by atoms with E-state index in [-0.39, 0.29) is 11.7 Å². The Kier molecular flexibility index (Phi) is 4.26. The van der Waals surface area contributed by atoms with Gasteiger partial charge in [0, 0.05) is 5.25 Å². The van der Waals surface area contributed by atoms with Gasteiger partial charge in [-0.1, -0.05) is 6.92 Å². The standard InChI is InChI=1S/C8H14O4S/c1-5(4-6(9)10)13-8(2,3)7(11)12/h5H,4H2,1-3H3,(H,9,10)(H,11,12). The van der Waals surface area contributed by atoms with Crippen LogP contribution < -0.4 is 0 Å². The zero-order valence-electron chi connectivity index (χ0n) is 7.90. The molecular weight excluding hydrogens is 192 g/mol. The van der Waals surface area contributed by atoms with Gasteiger partial charge in [0.05, 0.1) is 6.42 Å². The summed E-state index contributed by atoms with van der Waals surface area (Å²) < 4.78 is -0.922. The van der Waals surface area contributed by atoms with E-state index in [1.807, 2.05) is 0 Å². The average molecular weight is 206 g/mol. The van der Waals surface area contributed by atoms with Crippen molar-refractivity contribution in [2.45, 2.75) is 37.2 Å². The summed E-state index contributed by atoms with van der Waals surface area (Å²) >= 11 is 1.16. The summed E-state index contributed by atoms with van der Waals surface area (Å²) in [5.41, 5.74) is 0. The van der Waals surface area contributed by atoms with Gasteiger partial charge in [0.25, 0.3) is 0 Å². The van der Waals surface area contributed by atoms with E-state index in [2.05, 4.69) is 0 Å². The molecular formula is C8H14O4S. The Labute approximate surface area is 81.3 Å². The molecule has 0 fully saturated rings. The van der Waals surface area contributed by atoms with E-state index in [4.69, 9.17) is 10.2 Å². The van der Waals surface area contributed by atoms with Crippen LogP contribution in [0.15, 0.2) is 0 Å². The first-order chi connectivity index (χ1) is 5.75. The quantitative estimate of drug-likeness (QED) is 0.712. The maximum absolute atomic E-state index is 10.7. The molecule has 0 aromatic heterocycles. The Hall–Kier alpha value is -0.710. The van der Waals surface area contributed by atoms with Crippen LogP contribution in [0.25, 0.3) is 0 Å². The van der Waals surface area contributed by atoms with E-state index < -0.39 is 16.7 Å². The first kappa shape index (κ1) is 12.3. The van der Waals surface area contributed by atoms with Gasteiger partial charge in [-0.3, -0.25) is 9.59 Å². The van der Waals surface area contributed by atoms with Gasteiger partial charge in [0.2, 0.25) is 0 Å². The lowest BCUT2D eigenvalue weighted by atomic mass is 10.2. The molecule has 76 valence electrons. The molecule has 0 aliphatic heterocycles. The third-order valence-corrected chi connectivity index (χ3v) is 2.81. The van der Waals surface area contributed by atoms with Crippen LogP contribution >= 0.6 is 11.8 Å². The van der Waals surface area contributed by atoms with Crippen LogP contribution in [0.4, 0.5) is 0 Å². The third-order valence-electron chi connectivity index (χ3n) is 1.47. The molecule has 1 unspecified atom stereocenters. The molecule has 0 spiro atoms. The predicted octanol–water partition coefficient (Wildman–Crippen LogP) is 1.45. The topological polar surface area (TPSA) is 74.6 Å². The van der Waals surface area contributed by atoms with Crippen LogP contribution in [0.1, 0.15) is 27.2 Å². The van der Waals surface area contributed by atoms with E-state index in [0.29, 0.717) is 0 Å². The molecule has 0 bridgehead atoms. The molecule has 0 heterocycles.